The molecule has 2 amide bonds. The van der Waals surface area contributed by atoms with Gasteiger partial charge in [-0.05, 0) is 25.0 Å². The summed E-state index contributed by atoms with van der Waals surface area (Å²) in [4.78, 5) is 24.9. The van der Waals surface area contributed by atoms with Crippen molar-refractivity contribution in [3.05, 3.63) is 24.2 Å². The summed E-state index contributed by atoms with van der Waals surface area (Å²) >= 11 is 0. The Hall–Kier alpha value is -1.78. The maximum absolute atomic E-state index is 11.8. The van der Waals surface area contributed by atoms with Crippen molar-refractivity contribution in [3.8, 4) is 0 Å². The van der Waals surface area contributed by atoms with Crippen LogP contribution in [0.15, 0.2) is 22.8 Å². The molecule has 0 unspecified atom stereocenters. The van der Waals surface area contributed by atoms with Gasteiger partial charge in [0.15, 0.2) is 5.76 Å². The summed E-state index contributed by atoms with van der Waals surface area (Å²) in [5.74, 6) is -0.128. The molecule has 1 fully saturated rings. The second-order valence-electron chi connectivity index (χ2n) is 4.69. The predicted octanol–water partition coefficient (Wildman–Crippen LogP) is 1.41. The number of hydrogen-bond donors (Lipinski definition) is 1. The standard InChI is InChI=1S/C13H18N2O3/c1-15(13(17)11-7-4-8-18-11)9-12(16)14-10-5-2-3-6-10/h4,7-8,10H,2-3,5-6,9H2,1H3,(H,14,16). The average molecular weight is 250 g/mol. The van der Waals surface area contributed by atoms with Gasteiger partial charge in [0.25, 0.3) is 5.91 Å². The topological polar surface area (TPSA) is 62.6 Å². The van der Waals surface area contributed by atoms with Crippen LogP contribution >= 0.6 is 0 Å². The van der Waals surface area contributed by atoms with Crippen LogP contribution in [-0.2, 0) is 4.79 Å². The molecule has 1 saturated carbocycles. The lowest BCUT2D eigenvalue weighted by molar-refractivity contribution is -0.122. The third kappa shape index (κ3) is 3.12. The third-order valence-electron chi connectivity index (χ3n) is 3.18. The van der Waals surface area contributed by atoms with Crippen LogP contribution in [0.2, 0.25) is 0 Å². The molecule has 18 heavy (non-hydrogen) atoms. The Balaban J connectivity index is 1.81. The molecule has 1 N–H and O–H groups in total. The fourth-order valence-corrected chi connectivity index (χ4v) is 2.22. The molecular weight excluding hydrogens is 232 g/mol. The van der Waals surface area contributed by atoms with Crippen molar-refractivity contribution in [2.75, 3.05) is 13.6 Å². The molecule has 0 saturated heterocycles. The maximum Gasteiger partial charge on any atom is 0.289 e. The van der Waals surface area contributed by atoms with Gasteiger partial charge >= 0.3 is 0 Å². The van der Waals surface area contributed by atoms with Crippen molar-refractivity contribution in [1.82, 2.24) is 10.2 Å². The number of nitrogens with one attached hydrogen (secondary N) is 1. The molecule has 0 bridgehead atoms. The molecule has 2 rings (SSSR count). The van der Waals surface area contributed by atoms with E-state index in [2.05, 4.69) is 5.32 Å². The monoisotopic (exact) mass is 250 g/mol. The number of rotatable bonds is 4. The first-order valence-corrected chi connectivity index (χ1v) is 6.25. The van der Waals surface area contributed by atoms with E-state index in [1.807, 2.05) is 0 Å². The number of amides is 2. The first kappa shape index (κ1) is 12.7. The van der Waals surface area contributed by atoms with E-state index in [1.54, 1.807) is 19.2 Å². The van der Waals surface area contributed by atoms with E-state index in [0.29, 0.717) is 0 Å². The first-order chi connectivity index (χ1) is 8.66. The SMILES string of the molecule is CN(CC(=O)NC1CCCC1)C(=O)c1ccco1. The second kappa shape index (κ2) is 5.71. The highest BCUT2D eigenvalue weighted by molar-refractivity contribution is 5.94. The van der Waals surface area contributed by atoms with Crippen molar-refractivity contribution in [2.24, 2.45) is 0 Å². The van der Waals surface area contributed by atoms with Gasteiger partial charge in [0.2, 0.25) is 5.91 Å². The van der Waals surface area contributed by atoms with Gasteiger partial charge in [0.1, 0.15) is 0 Å². The highest BCUT2D eigenvalue weighted by Crippen LogP contribution is 2.17. The summed E-state index contributed by atoms with van der Waals surface area (Å²) in [6.07, 6.45) is 5.88. The van der Waals surface area contributed by atoms with E-state index in [0.717, 1.165) is 12.8 Å². The van der Waals surface area contributed by atoms with Crippen LogP contribution in [0.25, 0.3) is 0 Å². The van der Waals surface area contributed by atoms with Crippen LogP contribution < -0.4 is 5.32 Å². The molecule has 1 heterocycles. The molecule has 0 aliphatic heterocycles. The van der Waals surface area contributed by atoms with Crippen LogP contribution in [0, 0.1) is 0 Å². The molecule has 1 aliphatic carbocycles. The Labute approximate surface area is 106 Å². The quantitative estimate of drug-likeness (QED) is 0.878. The molecule has 1 aliphatic rings. The fourth-order valence-electron chi connectivity index (χ4n) is 2.22. The van der Waals surface area contributed by atoms with Crippen LogP contribution in [-0.4, -0.2) is 36.3 Å². The summed E-state index contributed by atoms with van der Waals surface area (Å²) in [6, 6.07) is 3.53. The number of furan rings is 1. The predicted molar refractivity (Wildman–Crippen MR) is 66.1 cm³/mol. The van der Waals surface area contributed by atoms with Gasteiger partial charge in [0, 0.05) is 13.1 Å². The molecule has 0 spiro atoms. The number of carbonyl (C=O) groups excluding carboxylic acids is 2. The third-order valence-corrected chi connectivity index (χ3v) is 3.18. The average Bonchev–Trinajstić information content (AvgIpc) is 2.99. The van der Waals surface area contributed by atoms with Gasteiger partial charge in [-0.3, -0.25) is 9.59 Å². The lowest BCUT2D eigenvalue weighted by Gasteiger charge is -2.17. The van der Waals surface area contributed by atoms with Gasteiger partial charge in [0.05, 0.1) is 12.8 Å². The van der Waals surface area contributed by atoms with E-state index in [4.69, 9.17) is 4.42 Å². The van der Waals surface area contributed by atoms with Crippen molar-refractivity contribution in [1.29, 1.82) is 0 Å². The molecule has 1 aromatic heterocycles. The number of nitrogens with zero attached hydrogens (tertiary/aromatic N) is 1. The van der Waals surface area contributed by atoms with Crippen molar-refractivity contribution >= 4 is 11.8 Å². The van der Waals surface area contributed by atoms with Gasteiger partial charge < -0.3 is 14.6 Å². The van der Waals surface area contributed by atoms with Gasteiger partial charge in [-0.15, -0.1) is 0 Å². The number of carbonyl (C=O) groups is 2. The summed E-state index contributed by atoms with van der Waals surface area (Å²) in [6.45, 7) is 0.0655. The van der Waals surface area contributed by atoms with Gasteiger partial charge in [-0.2, -0.15) is 0 Å². The number of likely N-dealkylation sites (N-methyl/N-ethyl adjacent to an activating group) is 1. The zero-order chi connectivity index (χ0) is 13.0. The zero-order valence-electron chi connectivity index (χ0n) is 10.5. The molecule has 5 nitrogen and oxygen atoms in total. The number of hydrogen-bond acceptors (Lipinski definition) is 3. The minimum absolute atomic E-state index is 0.0655. The highest BCUT2D eigenvalue weighted by atomic mass is 16.3. The molecule has 98 valence electrons. The van der Waals surface area contributed by atoms with Crippen LogP contribution in [0.3, 0.4) is 0 Å². The van der Waals surface area contributed by atoms with E-state index in [-0.39, 0.29) is 30.2 Å². The lowest BCUT2D eigenvalue weighted by Crippen LogP contribution is -2.41. The van der Waals surface area contributed by atoms with Crippen molar-refractivity contribution in [2.45, 2.75) is 31.7 Å². The fraction of sp³-hybridized carbons (Fsp3) is 0.538. The Morgan fingerprint density at radius 2 is 2.17 bits per heavy atom. The Bertz CT molecular complexity index is 408. The minimum Gasteiger partial charge on any atom is -0.459 e. The second-order valence-corrected chi connectivity index (χ2v) is 4.69. The van der Waals surface area contributed by atoms with E-state index in [9.17, 15) is 9.59 Å². The lowest BCUT2D eigenvalue weighted by atomic mass is 10.2. The highest BCUT2D eigenvalue weighted by Gasteiger charge is 2.20. The van der Waals surface area contributed by atoms with E-state index < -0.39 is 0 Å². The van der Waals surface area contributed by atoms with Gasteiger partial charge in [-0.1, -0.05) is 12.8 Å². The van der Waals surface area contributed by atoms with E-state index >= 15 is 0 Å². The summed E-state index contributed by atoms with van der Waals surface area (Å²) in [7, 11) is 1.60. The van der Waals surface area contributed by atoms with Crippen molar-refractivity contribution < 1.29 is 14.0 Å². The molecular formula is C13H18N2O3. The largest absolute Gasteiger partial charge is 0.459 e. The summed E-state index contributed by atoms with van der Waals surface area (Å²) in [5, 5.41) is 2.95. The molecule has 1 aromatic rings. The molecule has 0 atom stereocenters. The smallest absolute Gasteiger partial charge is 0.289 e. The van der Waals surface area contributed by atoms with E-state index in [1.165, 1.54) is 24.0 Å². The zero-order valence-corrected chi connectivity index (χ0v) is 10.5. The molecule has 0 radical (unpaired) electrons. The maximum atomic E-state index is 11.8. The normalized spacial score (nSPS) is 15.6. The van der Waals surface area contributed by atoms with Crippen LogP contribution in [0.1, 0.15) is 36.2 Å². The Morgan fingerprint density at radius 1 is 1.44 bits per heavy atom. The van der Waals surface area contributed by atoms with Crippen LogP contribution in [0.5, 0.6) is 0 Å². The van der Waals surface area contributed by atoms with Crippen LogP contribution in [0.4, 0.5) is 0 Å². The van der Waals surface area contributed by atoms with Gasteiger partial charge in [-0.25, -0.2) is 0 Å². The first-order valence-electron chi connectivity index (χ1n) is 6.25. The Morgan fingerprint density at radius 3 is 2.78 bits per heavy atom. The summed E-state index contributed by atoms with van der Waals surface area (Å²) < 4.78 is 5.01. The minimum atomic E-state index is -0.276. The van der Waals surface area contributed by atoms with Crippen molar-refractivity contribution in [3.63, 3.8) is 0 Å². The molecule has 5 heteroatoms. The Kier molecular flexibility index (Phi) is 4.02. The summed E-state index contributed by atoms with van der Waals surface area (Å²) in [5.41, 5.74) is 0. The molecule has 0 aromatic carbocycles.